The van der Waals surface area contributed by atoms with Crippen LogP contribution in [0.2, 0.25) is 0 Å². The third kappa shape index (κ3) is 4.99. The Morgan fingerprint density at radius 1 is 1.05 bits per heavy atom. The molecule has 2 fully saturated rings. The number of rotatable bonds is 5. The second kappa shape index (κ2) is 6.77. The van der Waals surface area contributed by atoms with Crippen LogP contribution in [0.25, 0.3) is 0 Å². The number of hydrogen-bond donors (Lipinski definition) is 3. The van der Waals surface area contributed by atoms with E-state index in [1.165, 1.54) is 12.8 Å². The first-order chi connectivity index (χ1) is 9.84. The fourth-order valence-corrected chi connectivity index (χ4v) is 3.32. The third-order valence-electron chi connectivity index (χ3n) is 4.46. The van der Waals surface area contributed by atoms with E-state index in [9.17, 15) is 9.59 Å². The first-order valence-corrected chi connectivity index (χ1v) is 8.15. The lowest BCUT2D eigenvalue weighted by Gasteiger charge is -2.28. The molecule has 5 nitrogen and oxygen atoms in total. The van der Waals surface area contributed by atoms with E-state index in [0.717, 1.165) is 12.8 Å². The zero-order valence-corrected chi connectivity index (χ0v) is 13.5. The van der Waals surface area contributed by atoms with Gasteiger partial charge in [-0.05, 0) is 31.6 Å². The van der Waals surface area contributed by atoms with Crippen LogP contribution in [0, 0.1) is 11.3 Å². The summed E-state index contributed by atoms with van der Waals surface area (Å²) in [6.45, 7) is 6.66. The van der Waals surface area contributed by atoms with Crippen LogP contribution in [-0.4, -0.2) is 37.0 Å². The molecule has 0 aromatic rings. The molecule has 1 unspecified atom stereocenters. The minimum absolute atomic E-state index is 0.0201. The van der Waals surface area contributed by atoms with E-state index >= 15 is 0 Å². The van der Waals surface area contributed by atoms with Crippen LogP contribution >= 0.6 is 0 Å². The summed E-state index contributed by atoms with van der Waals surface area (Å²) < 4.78 is 0. The average molecular weight is 295 g/mol. The van der Waals surface area contributed by atoms with Gasteiger partial charge in [0.2, 0.25) is 11.8 Å². The van der Waals surface area contributed by atoms with Crippen LogP contribution in [-0.2, 0) is 9.59 Å². The Labute approximate surface area is 127 Å². The molecular weight excluding hydrogens is 266 g/mol. The van der Waals surface area contributed by atoms with Crippen molar-refractivity contribution in [3.8, 4) is 0 Å². The second-order valence-electron chi connectivity index (χ2n) is 7.54. The molecule has 2 amide bonds. The van der Waals surface area contributed by atoms with Gasteiger partial charge in [-0.2, -0.15) is 0 Å². The quantitative estimate of drug-likeness (QED) is 0.667. The third-order valence-corrected chi connectivity index (χ3v) is 4.46. The van der Waals surface area contributed by atoms with Crippen molar-refractivity contribution in [3.63, 3.8) is 0 Å². The summed E-state index contributed by atoms with van der Waals surface area (Å²) in [7, 11) is 0. The summed E-state index contributed by atoms with van der Waals surface area (Å²) >= 11 is 0. The van der Waals surface area contributed by atoms with Crippen LogP contribution in [0.1, 0.15) is 52.9 Å². The van der Waals surface area contributed by atoms with Crippen molar-refractivity contribution < 1.29 is 9.59 Å². The van der Waals surface area contributed by atoms with Gasteiger partial charge in [-0.25, -0.2) is 0 Å². The van der Waals surface area contributed by atoms with Crippen molar-refractivity contribution in [2.24, 2.45) is 11.3 Å². The van der Waals surface area contributed by atoms with Crippen molar-refractivity contribution in [1.82, 2.24) is 16.0 Å². The highest BCUT2D eigenvalue weighted by molar-refractivity contribution is 5.81. The van der Waals surface area contributed by atoms with Crippen LogP contribution < -0.4 is 16.0 Å². The maximum absolute atomic E-state index is 11.9. The van der Waals surface area contributed by atoms with E-state index in [-0.39, 0.29) is 17.2 Å². The van der Waals surface area contributed by atoms with Crippen LogP contribution in [0.4, 0.5) is 0 Å². The largest absolute Gasteiger partial charge is 0.354 e. The van der Waals surface area contributed by atoms with Crippen LogP contribution in [0.3, 0.4) is 0 Å². The first kappa shape index (κ1) is 16.3. The molecule has 2 bridgehead atoms. The first-order valence-electron chi connectivity index (χ1n) is 8.15. The zero-order chi connectivity index (χ0) is 15.5. The van der Waals surface area contributed by atoms with Gasteiger partial charge in [0.1, 0.15) is 0 Å². The summed E-state index contributed by atoms with van der Waals surface area (Å²) in [4.78, 5) is 23.6. The molecule has 2 heterocycles. The Morgan fingerprint density at radius 3 is 2.19 bits per heavy atom. The number of nitrogens with one attached hydrogen (secondary N) is 3. The van der Waals surface area contributed by atoms with E-state index in [2.05, 4.69) is 16.0 Å². The van der Waals surface area contributed by atoms with Crippen molar-refractivity contribution in [3.05, 3.63) is 0 Å². The summed E-state index contributed by atoms with van der Waals surface area (Å²) in [6.07, 6.45) is 5.42. The Hall–Kier alpha value is -1.10. The van der Waals surface area contributed by atoms with Crippen LogP contribution in [0.5, 0.6) is 0 Å². The van der Waals surface area contributed by atoms with Gasteiger partial charge >= 0.3 is 0 Å². The fourth-order valence-electron chi connectivity index (χ4n) is 3.32. The maximum Gasteiger partial charge on any atom is 0.225 e. The van der Waals surface area contributed by atoms with Gasteiger partial charge in [0, 0.05) is 37.0 Å². The molecule has 0 aromatic carbocycles. The Balaban J connectivity index is 1.59. The van der Waals surface area contributed by atoms with Gasteiger partial charge in [0.25, 0.3) is 0 Å². The predicted molar refractivity (Wildman–Crippen MR) is 82.8 cm³/mol. The molecule has 3 N–H and O–H groups in total. The molecule has 0 aromatic heterocycles. The molecule has 2 rings (SSSR count). The molecule has 0 spiro atoms. The fraction of sp³-hybridized carbons (Fsp3) is 0.875. The van der Waals surface area contributed by atoms with E-state index in [0.29, 0.717) is 37.5 Å². The van der Waals surface area contributed by atoms with E-state index in [1.54, 1.807) is 0 Å². The lowest BCUT2D eigenvalue weighted by atomic mass is 9.89. The van der Waals surface area contributed by atoms with Gasteiger partial charge in [0.05, 0.1) is 0 Å². The number of fused-ring (bicyclic) bond motifs is 2. The number of amides is 2. The molecule has 0 saturated carbocycles. The number of piperidine rings is 1. The molecule has 3 atom stereocenters. The highest BCUT2D eigenvalue weighted by Crippen LogP contribution is 2.32. The number of carbonyl (C=O) groups excluding carboxylic acids is 2. The van der Waals surface area contributed by atoms with Gasteiger partial charge in [0.15, 0.2) is 0 Å². The predicted octanol–water partition coefficient (Wildman–Crippen LogP) is 1.19. The zero-order valence-electron chi connectivity index (χ0n) is 13.5. The van der Waals surface area contributed by atoms with Gasteiger partial charge in [-0.1, -0.05) is 20.8 Å². The molecule has 0 radical (unpaired) electrons. The smallest absolute Gasteiger partial charge is 0.225 e. The van der Waals surface area contributed by atoms with Crippen molar-refractivity contribution in [2.75, 3.05) is 13.1 Å². The molecule has 2 aliphatic rings. The monoisotopic (exact) mass is 295 g/mol. The Morgan fingerprint density at radius 2 is 1.62 bits per heavy atom. The lowest BCUT2D eigenvalue weighted by Crippen LogP contribution is -2.41. The van der Waals surface area contributed by atoms with Crippen molar-refractivity contribution in [1.29, 1.82) is 0 Å². The molecule has 2 aliphatic heterocycles. The minimum Gasteiger partial charge on any atom is -0.354 e. The van der Waals surface area contributed by atoms with Gasteiger partial charge in [-0.15, -0.1) is 0 Å². The minimum atomic E-state index is -0.377. The summed E-state index contributed by atoms with van der Waals surface area (Å²) in [5, 5.41) is 9.35. The molecule has 120 valence electrons. The summed E-state index contributed by atoms with van der Waals surface area (Å²) in [5.74, 6) is 0.658. The highest BCUT2D eigenvalue weighted by atomic mass is 16.2. The van der Waals surface area contributed by atoms with Gasteiger partial charge in [-0.3, -0.25) is 9.59 Å². The number of carbonyl (C=O) groups is 2. The van der Waals surface area contributed by atoms with E-state index < -0.39 is 0 Å². The van der Waals surface area contributed by atoms with Crippen LogP contribution in [0.15, 0.2) is 0 Å². The normalized spacial score (nSPS) is 28.2. The maximum atomic E-state index is 11.9. The van der Waals surface area contributed by atoms with Crippen molar-refractivity contribution in [2.45, 2.75) is 65.0 Å². The summed E-state index contributed by atoms with van der Waals surface area (Å²) in [5.41, 5.74) is -0.377. The van der Waals surface area contributed by atoms with E-state index in [1.807, 2.05) is 20.8 Å². The SMILES string of the molecule is CC(C)(C)C(=O)NCCNC(=O)CC1C[C@H]2CC[C@@H](C1)N2. The summed E-state index contributed by atoms with van der Waals surface area (Å²) in [6, 6.07) is 1.26. The molecule has 5 heteroatoms. The average Bonchev–Trinajstić information content (AvgIpc) is 2.72. The Kier molecular flexibility index (Phi) is 5.25. The molecule has 21 heavy (non-hydrogen) atoms. The number of hydrogen-bond acceptors (Lipinski definition) is 3. The molecule has 0 aliphatic carbocycles. The Bertz CT molecular complexity index is 377. The van der Waals surface area contributed by atoms with Crippen molar-refractivity contribution >= 4 is 11.8 Å². The van der Waals surface area contributed by atoms with E-state index in [4.69, 9.17) is 0 Å². The second-order valence-corrected chi connectivity index (χ2v) is 7.54. The van der Waals surface area contributed by atoms with Gasteiger partial charge < -0.3 is 16.0 Å². The highest BCUT2D eigenvalue weighted by Gasteiger charge is 2.34. The lowest BCUT2D eigenvalue weighted by molar-refractivity contribution is -0.128. The topological polar surface area (TPSA) is 70.2 Å². The standard InChI is InChI=1S/C16H29N3O2/c1-16(2,3)15(21)18-7-6-17-14(20)10-11-8-12-4-5-13(9-11)19-12/h11-13,19H,4-10H2,1-3H3,(H,17,20)(H,18,21)/t11?,12-,13+. The molecule has 2 saturated heterocycles. The molecular formula is C16H29N3O2.